The molecule has 0 bridgehead atoms. The lowest BCUT2D eigenvalue weighted by Crippen LogP contribution is -2.37. The highest BCUT2D eigenvalue weighted by atomic mass is 16.6. The quantitative estimate of drug-likeness (QED) is 0.715. The molecule has 5 rings (SSSR count). The van der Waals surface area contributed by atoms with Crippen LogP contribution in [0.1, 0.15) is 12.0 Å². The molecule has 0 saturated carbocycles. The number of benzene rings is 1. The minimum atomic E-state index is -0.352. The Morgan fingerprint density at radius 2 is 2.04 bits per heavy atom. The largest absolute Gasteiger partial charge is 0.439 e. The zero-order valence-electron chi connectivity index (χ0n) is 15.2. The third-order valence-corrected chi connectivity index (χ3v) is 5.44. The lowest BCUT2D eigenvalue weighted by atomic mass is 10.0. The lowest BCUT2D eigenvalue weighted by Gasteiger charge is -2.21. The first-order chi connectivity index (χ1) is 13.1. The Labute approximate surface area is 157 Å². The maximum Gasteiger partial charge on any atom is 0.410 e. The minimum absolute atomic E-state index is 0.218. The van der Waals surface area contributed by atoms with E-state index >= 15 is 0 Å². The van der Waals surface area contributed by atoms with Gasteiger partial charge in [-0.3, -0.25) is 4.90 Å². The van der Waals surface area contributed by atoms with E-state index in [-0.39, 0.29) is 11.7 Å². The van der Waals surface area contributed by atoms with Crippen molar-refractivity contribution in [2.45, 2.75) is 18.6 Å². The van der Waals surface area contributed by atoms with Gasteiger partial charge in [-0.1, -0.05) is 30.3 Å². The molecule has 2 aliphatic rings. The monoisotopic (exact) mass is 363 g/mol. The molecule has 1 aromatic carbocycles. The van der Waals surface area contributed by atoms with E-state index in [1.54, 1.807) is 11.9 Å². The number of amides is 1. The number of carbonyl (C=O) groups is 1. The van der Waals surface area contributed by atoms with Crippen LogP contribution in [0.5, 0.6) is 0 Å². The average Bonchev–Trinajstić information content (AvgIpc) is 3.33. The van der Waals surface area contributed by atoms with Gasteiger partial charge in [0.05, 0.1) is 12.7 Å². The third kappa shape index (κ3) is 2.84. The summed E-state index contributed by atoms with van der Waals surface area (Å²) in [6.45, 7) is 3.11. The van der Waals surface area contributed by atoms with Crippen LogP contribution >= 0.6 is 0 Å². The van der Waals surface area contributed by atoms with E-state index < -0.39 is 0 Å². The molecule has 7 heteroatoms. The standard InChI is InChI=1S/C20H21N5O2/c1-23-13-20(27-19(23)26)7-8-24(14-20)11-15-9-21-18-17(10-22-25(18)12-15)16-5-3-2-4-6-16/h2-6,9-10,12H,7-8,11,13-14H2,1H3/t20-/m1/s1. The summed E-state index contributed by atoms with van der Waals surface area (Å²) < 4.78 is 7.46. The van der Waals surface area contributed by atoms with Crippen molar-refractivity contribution in [1.29, 1.82) is 0 Å². The molecule has 2 aliphatic heterocycles. The van der Waals surface area contributed by atoms with Gasteiger partial charge in [-0.15, -0.1) is 0 Å². The van der Waals surface area contributed by atoms with Crippen LogP contribution in [-0.4, -0.2) is 62.8 Å². The van der Waals surface area contributed by atoms with Crippen molar-refractivity contribution in [3.8, 4) is 11.1 Å². The van der Waals surface area contributed by atoms with Gasteiger partial charge in [0.1, 0.15) is 5.60 Å². The van der Waals surface area contributed by atoms with E-state index in [4.69, 9.17) is 4.74 Å². The summed E-state index contributed by atoms with van der Waals surface area (Å²) in [5, 5.41) is 4.48. The zero-order valence-corrected chi connectivity index (χ0v) is 15.2. The SMILES string of the molecule is CN1C[C@@]2(CCN(Cc3cnc4c(-c5ccccc5)cnn4c3)C2)OC1=O. The molecule has 138 valence electrons. The molecular weight excluding hydrogens is 342 g/mol. The molecule has 0 N–H and O–H groups in total. The summed E-state index contributed by atoms with van der Waals surface area (Å²) in [7, 11) is 1.79. The molecule has 3 aromatic rings. The summed E-state index contributed by atoms with van der Waals surface area (Å²) in [4.78, 5) is 20.4. The molecule has 7 nitrogen and oxygen atoms in total. The van der Waals surface area contributed by atoms with Crippen LogP contribution in [0.25, 0.3) is 16.8 Å². The van der Waals surface area contributed by atoms with Crippen LogP contribution in [0.4, 0.5) is 4.79 Å². The number of ether oxygens (including phenoxy) is 1. The number of likely N-dealkylation sites (N-methyl/N-ethyl adjacent to an activating group) is 1. The summed E-state index contributed by atoms with van der Waals surface area (Å²) in [6.07, 6.45) is 6.47. The van der Waals surface area contributed by atoms with E-state index in [1.807, 2.05) is 41.3 Å². The predicted octanol–water partition coefficient (Wildman–Crippen LogP) is 2.42. The van der Waals surface area contributed by atoms with Crippen LogP contribution in [0.3, 0.4) is 0 Å². The number of nitrogens with zero attached hydrogens (tertiary/aromatic N) is 5. The van der Waals surface area contributed by atoms with E-state index in [1.165, 1.54) is 0 Å². The summed E-state index contributed by atoms with van der Waals surface area (Å²) >= 11 is 0. The van der Waals surface area contributed by atoms with Crippen molar-refractivity contribution in [1.82, 2.24) is 24.4 Å². The second-order valence-electron chi connectivity index (χ2n) is 7.52. The third-order valence-electron chi connectivity index (χ3n) is 5.44. The first-order valence-corrected chi connectivity index (χ1v) is 9.16. The first-order valence-electron chi connectivity index (χ1n) is 9.16. The van der Waals surface area contributed by atoms with Gasteiger partial charge in [0, 0.05) is 56.6 Å². The van der Waals surface area contributed by atoms with Crippen LogP contribution in [0, 0.1) is 0 Å². The molecule has 0 radical (unpaired) electrons. The number of carbonyl (C=O) groups excluding carboxylic acids is 1. The second kappa shape index (κ2) is 6.06. The highest BCUT2D eigenvalue weighted by Crippen LogP contribution is 2.32. The van der Waals surface area contributed by atoms with E-state index in [0.717, 1.165) is 48.4 Å². The fourth-order valence-electron chi connectivity index (χ4n) is 4.14. The van der Waals surface area contributed by atoms with Crippen LogP contribution in [0.2, 0.25) is 0 Å². The smallest absolute Gasteiger partial charge is 0.410 e. The Kier molecular flexibility index (Phi) is 3.65. The fourth-order valence-corrected chi connectivity index (χ4v) is 4.14. The molecule has 4 heterocycles. The Hall–Kier alpha value is -2.93. The molecular formula is C20H21N5O2. The van der Waals surface area contributed by atoms with Gasteiger partial charge in [0.2, 0.25) is 0 Å². The van der Waals surface area contributed by atoms with E-state index in [0.29, 0.717) is 6.54 Å². The first kappa shape index (κ1) is 16.3. The fraction of sp³-hybridized carbons (Fsp3) is 0.350. The van der Waals surface area contributed by atoms with Crippen molar-refractivity contribution in [2.24, 2.45) is 0 Å². The second-order valence-corrected chi connectivity index (χ2v) is 7.52. The maximum atomic E-state index is 11.7. The van der Waals surface area contributed by atoms with Gasteiger partial charge in [-0.25, -0.2) is 14.3 Å². The van der Waals surface area contributed by atoms with Gasteiger partial charge < -0.3 is 9.64 Å². The van der Waals surface area contributed by atoms with Crippen molar-refractivity contribution in [3.05, 3.63) is 54.5 Å². The van der Waals surface area contributed by atoms with Crippen molar-refractivity contribution < 1.29 is 9.53 Å². The average molecular weight is 363 g/mol. The van der Waals surface area contributed by atoms with Gasteiger partial charge >= 0.3 is 6.09 Å². The van der Waals surface area contributed by atoms with E-state index in [9.17, 15) is 4.79 Å². The Balaban J connectivity index is 1.34. The number of likely N-dealkylation sites (tertiary alicyclic amines) is 1. The van der Waals surface area contributed by atoms with Gasteiger partial charge in [-0.05, 0) is 5.56 Å². The molecule has 1 atom stereocenters. The predicted molar refractivity (Wildman–Crippen MR) is 100 cm³/mol. The molecule has 1 amide bonds. The topological polar surface area (TPSA) is 63.0 Å². The molecule has 2 fully saturated rings. The van der Waals surface area contributed by atoms with Gasteiger partial charge in [0.25, 0.3) is 0 Å². The zero-order chi connectivity index (χ0) is 18.4. The summed E-state index contributed by atoms with van der Waals surface area (Å²) in [5.74, 6) is 0. The van der Waals surface area contributed by atoms with Gasteiger partial charge in [-0.2, -0.15) is 5.10 Å². The maximum absolute atomic E-state index is 11.7. The molecule has 0 unspecified atom stereocenters. The number of rotatable bonds is 3. The van der Waals surface area contributed by atoms with Crippen LogP contribution < -0.4 is 0 Å². The number of hydrogen-bond donors (Lipinski definition) is 0. The molecule has 1 spiro atoms. The summed E-state index contributed by atoms with van der Waals surface area (Å²) in [5.41, 5.74) is 3.74. The lowest BCUT2D eigenvalue weighted by molar-refractivity contribution is 0.0627. The Morgan fingerprint density at radius 1 is 1.19 bits per heavy atom. The van der Waals surface area contributed by atoms with E-state index in [2.05, 4.69) is 27.1 Å². The molecule has 2 aromatic heterocycles. The van der Waals surface area contributed by atoms with Crippen molar-refractivity contribution >= 4 is 11.7 Å². The molecule has 0 aliphatic carbocycles. The van der Waals surface area contributed by atoms with Crippen molar-refractivity contribution in [2.75, 3.05) is 26.7 Å². The highest BCUT2D eigenvalue weighted by Gasteiger charge is 2.48. The summed E-state index contributed by atoms with van der Waals surface area (Å²) in [6, 6.07) is 10.2. The van der Waals surface area contributed by atoms with Crippen LogP contribution in [-0.2, 0) is 11.3 Å². The highest BCUT2D eigenvalue weighted by molar-refractivity contribution is 5.76. The number of fused-ring (bicyclic) bond motifs is 1. The molecule has 27 heavy (non-hydrogen) atoms. The normalized spacial score (nSPS) is 22.9. The Bertz CT molecular complexity index is 1000. The number of hydrogen-bond acceptors (Lipinski definition) is 5. The van der Waals surface area contributed by atoms with Crippen molar-refractivity contribution in [3.63, 3.8) is 0 Å². The van der Waals surface area contributed by atoms with Crippen LogP contribution in [0.15, 0.2) is 48.9 Å². The molecule has 2 saturated heterocycles. The van der Waals surface area contributed by atoms with Gasteiger partial charge in [0.15, 0.2) is 5.65 Å². The Morgan fingerprint density at radius 3 is 2.81 bits per heavy atom. The number of aromatic nitrogens is 3. The minimum Gasteiger partial charge on any atom is -0.439 e.